The van der Waals surface area contributed by atoms with Crippen LogP contribution in [0, 0.1) is 0 Å². The van der Waals surface area contributed by atoms with Gasteiger partial charge in [0.05, 0.1) is 17.7 Å². The molecule has 4 nitrogen and oxygen atoms in total. The molecule has 19 heavy (non-hydrogen) atoms. The molecule has 0 radical (unpaired) electrons. The summed E-state index contributed by atoms with van der Waals surface area (Å²) in [5.74, 6) is 0.847. The Balaban J connectivity index is 2.00. The SMILES string of the molecule is CCOc1ccc(C=c2sc3n(c2=O)CCN=3)cc1. The van der Waals surface area contributed by atoms with Gasteiger partial charge in [0.15, 0.2) is 4.80 Å². The van der Waals surface area contributed by atoms with E-state index in [1.54, 1.807) is 4.57 Å². The molecule has 98 valence electrons. The summed E-state index contributed by atoms with van der Waals surface area (Å²) in [7, 11) is 0. The normalized spacial score (nSPS) is 14.3. The second-order valence-corrected chi connectivity index (χ2v) is 5.24. The van der Waals surface area contributed by atoms with Crippen LogP contribution >= 0.6 is 11.3 Å². The van der Waals surface area contributed by atoms with Crippen molar-refractivity contribution in [1.82, 2.24) is 4.57 Å². The molecule has 0 saturated carbocycles. The molecule has 0 aliphatic carbocycles. The van der Waals surface area contributed by atoms with Crippen LogP contribution in [0.5, 0.6) is 5.75 Å². The summed E-state index contributed by atoms with van der Waals surface area (Å²) in [6.45, 7) is 4.05. The molecule has 0 spiro atoms. The number of aromatic nitrogens is 1. The third-order valence-electron chi connectivity index (χ3n) is 2.95. The van der Waals surface area contributed by atoms with Gasteiger partial charge in [0.2, 0.25) is 0 Å². The lowest BCUT2D eigenvalue weighted by Crippen LogP contribution is -2.29. The number of nitrogens with zero attached hydrogens (tertiary/aromatic N) is 2. The zero-order valence-corrected chi connectivity index (χ0v) is 11.4. The van der Waals surface area contributed by atoms with E-state index < -0.39 is 0 Å². The number of thiazole rings is 1. The average molecular weight is 274 g/mol. The molecular weight excluding hydrogens is 260 g/mol. The van der Waals surface area contributed by atoms with Crippen LogP contribution in [0.1, 0.15) is 12.5 Å². The summed E-state index contributed by atoms with van der Waals surface area (Å²) in [6, 6.07) is 7.74. The summed E-state index contributed by atoms with van der Waals surface area (Å²) in [5, 5.41) is 0. The quantitative estimate of drug-likeness (QED) is 0.830. The number of ether oxygens (including phenoxy) is 1. The van der Waals surface area contributed by atoms with Crippen molar-refractivity contribution >= 4 is 17.4 Å². The van der Waals surface area contributed by atoms with Gasteiger partial charge in [0.25, 0.3) is 5.56 Å². The van der Waals surface area contributed by atoms with Crippen LogP contribution in [0.3, 0.4) is 0 Å². The van der Waals surface area contributed by atoms with E-state index in [2.05, 4.69) is 4.99 Å². The standard InChI is InChI=1S/C14H14N2O2S/c1-2-18-11-5-3-10(4-6-11)9-12-13(17)16-8-7-15-14(16)19-12/h3-6,9H,2,7-8H2,1H3. The maximum Gasteiger partial charge on any atom is 0.270 e. The molecular formula is C14H14N2O2S. The lowest BCUT2D eigenvalue weighted by atomic mass is 10.2. The van der Waals surface area contributed by atoms with E-state index in [1.165, 1.54) is 11.3 Å². The van der Waals surface area contributed by atoms with Gasteiger partial charge >= 0.3 is 0 Å². The van der Waals surface area contributed by atoms with Crippen molar-refractivity contribution in [1.29, 1.82) is 0 Å². The van der Waals surface area contributed by atoms with E-state index in [1.807, 2.05) is 37.3 Å². The number of hydrogen-bond acceptors (Lipinski definition) is 4. The van der Waals surface area contributed by atoms with Crippen LogP contribution in [0.25, 0.3) is 6.08 Å². The zero-order valence-electron chi connectivity index (χ0n) is 10.6. The molecule has 0 bridgehead atoms. The van der Waals surface area contributed by atoms with Crippen LogP contribution in [0.15, 0.2) is 34.1 Å². The number of rotatable bonds is 3. The first-order chi connectivity index (χ1) is 9.28. The molecule has 0 amide bonds. The maximum absolute atomic E-state index is 12.1. The van der Waals surface area contributed by atoms with Crippen LogP contribution < -0.4 is 19.6 Å². The summed E-state index contributed by atoms with van der Waals surface area (Å²) in [6.07, 6.45) is 1.91. The monoisotopic (exact) mass is 274 g/mol. The molecule has 0 saturated heterocycles. The van der Waals surface area contributed by atoms with E-state index in [0.717, 1.165) is 27.2 Å². The molecule has 2 heterocycles. The average Bonchev–Trinajstić information content (AvgIpc) is 2.97. The number of hydrogen-bond donors (Lipinski definition) is 0. The van der Waals surface area contributed by atoms with Gasteiger partial charge < -0.3 is 4.74 Å². The summed E-state index contributed by atoms with van der Waals surface area (Å²) < 4.78 is 7.87. The van der Waals surface area contributed by atoms with Gasteiger partial charge in [-0.2, -0.15) is 0 Å². The van der Waals surface area contributed by atoms with Crippen LogP contribution in [0.2, 0.25) is 0 Å². The Hall–Kier alpha value is -1.88. The van der Waals surface area contributed by atoms with Gasteiger partial charge in [-0.15, -0.1) is 0 Å². The first-order valence-corrected chi connectivity index (χ1v) is 7.08. The summed E-state index contributed by atoms with van der Waals surface area (Å²) in [4.78, 5) is 17.2. The third kappa shape index (κ3) is 2.33. The minimum Gasteiger partial charge on any atom is -0.494 e. The minimum atomic E-state index is 0.0649. The van der Waals surface area contributed by atoms with E-state index in [-0.39, 0.29) is 5.56 Å². The van der Waals surface area contributed by atoms with Crippen molar-refractivity contribution in [3.63, 3.8) is 0 Å². The van der Waals surface area contributed by atoms with Gasteiger partial charge in [-0.05, 0) is 30.7 Å². The Kier molecular flexibility index (Phi) is 3.21. The fourth-order valence-corrected chi connectivity index (χ4v) is 3.08. The van der Waals surface area contributed by atoms with Gasteiger partial charge in [-0.1, -0.05) is 23.5 Å². The molecule has 1 aromatic heterocycles. The van der Waals surface area contributed by atoms with Gasteiger partial charge in [0, 0.05) is 6.54 Å². The summed E-state index contributed by atoms with van der Waals surface area (Å²) in [5.41, 5.74) is 1.07. The second-order valence-electron chi connectivity index (χ2n) is 4.23. The van der Waals surface area contributed by atoms with Crippen molar-refractivity contribution in [2.24, 2.45) is 4.99 Å². The Morgan fingerprint density at radius 3 is 2.89 bits per heavy atom. The fourth-order valence-electron chi connectivity index (χ4n) is 2.05. The molecule has 3 rings (SSSR count). The topological polar surface area (TPSA) is 43.6 Å². The van der Waals surface area contributed by atoms with E-state index >= 15 is 0 Å². The van der Waals surface area contributed by atoms with Gasteiger partial charge in [-0.3, -0.25) is 14.4 Å². The van der Waals surface area contributed by atoms with Crippen molar-refractivity contribution < 1.29 is 4.74 Å². The van der Waals surface area contributed by atoms with E-state index in [0.29, 0.717) is 13.2 Å². The second kappa shape index (κ2) is 5.01. The Morgan fingerprint density at radius 1 is 1.42 bits per heavy atom. The molecule has 5 heteroatoms. The lowest BCUT2D eigenvalue weighted by Gasteiger charge is -2.01. The highest BCUT2D eigenvalue weighted by Crippen LogP contribution is 2.12. The highest BCUT2D eigenvalue weighted by molar-refractivity contribution is 7.07. The van der Waals surface area contributed by atoms with E-state index in [9.17, 15) is 4.79 Å². The van der Waals surface area contributed by atoms with Gasteiger partial charge in [-0.25, -0.2) is 0 Å². The molecule has 1 aliphatic heterocycles. The molecule has 0 N–H and O–H groups in total. The molecule has 0 unspecified atom stereocenters. The summed E-state index contributed by atoms with van der Waals surface area (Å²) >= 11 is 1.45. The zero-order chi connectivity index (χ0) is 13.2. The Labute approximate surface area is 114 Å². The largest absolute Gasteiger partial charge is 0.494 e. The first kappa shape index (κ1) is 12.2. The first-order valence-electron chi connectivity index (χ1n) is 6.26. The van der Waals surface area contributed by atoms with Gasteiger partial charge in [0.1, 0.15) is 5.75 Å². The fraction of sp³-hybridized carbons (Fsp3) is 0.286. The van der Waals surface area contributed by atoms with Crippen molar-refractivity contribution in [2.75, 3.05) is 13.2 Å². The molecule has 2 aromatic rings. The third-order valence-corrected chi connectivity index (χ3v) is 3.99. The Morgan fingerprint density at radius 2 is 2.21 bits per heavy atom. The number of benzene rings is 1. The Bertz CT molecular complexity index is 756. The van der Waals surface area contributed by atoms with Crippen LogP contribution in [-0.2, 0) is 6.54 Å². The molecule has 0 fully saturated rings. The molecule has 0 atom stereocenters. The van der Waals surface area contributed by atoms with Crippen LogP contribution in [-0.4, -0.2) is 17.7 Å². The molecule has 1 aliphatic rings. The highest BCUT2D eigenvalue weighted by atomic mass is 32.1. The van der Waals surface area contributed by atoms with Crippen molar-refractivity contribution in [3.05, 3.63) is 49.5 Å². The number of fused-ring (bicyclic) bond motifs is 1. The van der Waals surface area contributed by atoms with Crippen molar-refractivity contribution in [3.8, 4) is 5.75 Å². The predicted octanol–water partition coefficient (Wildman–Crippen LogP) is 0.770. The van der Waals surface area contributed by atoms with E-state index in [4.69, 9.17) is 4.74 Å². The lowest BCUT2D eigenvalue weighted by molar-refractivity contribution is 0.340. The van der Waals surface area contributed by atoms with Crippen LogP contribution in [0.4, 0.5) is 0 Å². The molecule has 1 aromatic carbocycles. The minimum absolute atomic E-state index is 0.0649. The smallest absolute Gasteiger partial charge is 0.270 e. The predicted molar refractivity (Wildman–Crippen MR) is 75.4 cm³/mol. The highest BCUT2D eigenvalue weighted by Gasteiger charge is 2.09. The van der Waals surface area contributed by atoms with Crippen molar-refractivity contribution in [2.45, 2.75) is 13.5 Å². The maximum atomic E-state index is 12.1.